The van der Waals surface area contributed by atoms with Gasteiger partial charge in [-0.05, 0) is 0 Å². The molecule has 0 aliphatic carbocycles. The number of carbonyl (C=O) groups excluding carboxylic acids is 1. The van der Waals surface area contributed by atoms with E-state index in [1.807, 2.05) is 0 Å². The van der Waals surface area contributed by atoms with Crippen LogP contribution in [0.5, 0.6) is 11.5 Å². The summed E-state index contributed by atoms with van der Waals surface area (Å²) < 4.78 is 16.1. The van der Waals surface area contributed by atoms with Gasteiger partial charge in [0.15, 0.2) is 16.0 Å². The molecule has 0 radical (unpaired) electrons. The molecule has 0 saturated heterocycles. The number of aromatic nitrogens is 1. The summed E-state index contributed by atoms with van der Waals surface area (Å²) in [5.41, 5.74) is 0.753. The fourth-order valence-corrected chi connectivity index (χ4v) is 2.77. The Morgan fingerprint density at radius 3 is 2.61 bits per heavy atom. The van der Waals surface area contributed by atoms with Gasteiger partial charge in [-0.1, -0.05) is 22.9 Å². The number of fused-ring (bicyclic) bond motifs is 1. The first kappa shape index (κ1) is 12.9. The summed E-state index contributed by atoms with van der Waals surface area (Å²) in [5.74, 6) is 0.443. The van der Waals surface area contributed by atoms with E-state index in [9.17, 15) is 4.79 Å². The summed E-state index contributed by atoms with van der Waals surface area (Å²) in [6.45, 7) is 0. The molecular formula is C11H10ClNO4S. The van der Waals surface area contributed by atoms with Gasteiger partial charge in [-0.3, -0.25) is 0 Å². The van der Waals surface area contributed by atoms with Crippen molar-refractivity contribution in [1.82, 2.24) is 4.98 Å². The summed E-state index contributed by atoms with van der Waals surface area (Å²) in [4.78, 5) is 15.8. The maximum Gasteiger partial charge on any atom is 0.340 e. The van der Waals surface area contributed by atoms with Gasteiger partial charge in [-0.2, -0.15) is 0 Å². The highest BCUT2D eigenvalue weighted by Crippen LogP contribution is 2.42. The van der Waals surface area contributed by atoms with Crippen molar-refractivity contribution in [1.29, 1.82) is 0 Å². The molecule has 0 bridgehead atoms. The van der Waals surface area contributed by atoms with Gasteiger partial charge in [0.25, 0.3) is 0 Å². The number of carbonyl (C=O) groups is 1. The number of benzene rings is 1. The van der Waals surface area contributed by atoms with Gasteiger partial charge in [0.1, 0.15) is 10.2 Å². The lowest BCUT2D eigenvalue weighted by atomic mass is 10.1. The van der Waals surface area contributed by atoms with Crippen molar-refractivity contribution in [3.63, 3.8) is 0 Å². The molecule has 5 nitrogen and oxygen atoms in total. The van der Waals surface area contributed by atoms with E-state index in [0.717, 1.165) is 0 Å². The number of hydrogen-bond acceptors (Lipinski definition) is 6. The Bertz CT molecular complexity index is 611. The Morgan fingerprint density at radius 2 is 2.06 bits per heavy atom. The van der Waals surface area contributed by atoms with Gasteiger partial charge < -0.3 is 14.2 Å². The van der Waals surface area contributed by atoms with Crippen molar-refractivity contribution >= 4 is 39.1 Å². The molecule has 0 aliphatic heterocycles. The van der Waals surface area contributed by atoms with E-state index in [4.69, 9.17) is 25.8 Å². The van der Waals surface area contributed by atoms with Crippen LogP contribution >= 0.6 is 22.9 Å². The van der Waals surface area contributed by atoms with Crippen LogP contribution in [0.15, 0.2) is 6.07 Å². The summed E-state index contributed by atoms with van der Waals surface area (Å²) in [6, 6.07) is 1.53. The van der Waals surface area contributed by atoms with Gasteiger partial charge in [0.05, 0.1) is 26.9 Å². The monoisotopic (exact) mass is 287 g/mol. The van der Waals surface area contributed by atoms with Crippen LogP contribution in [-0.4, -0.2) is 32.3 Å². The molecule has 0 amide bonds. The Kier molecular flexibility index (Phi) is 3.58. The average molecular weight is 288 g/mol. The van der Waals surface area contributed by atoms with E-state index in [1.54, 1.807) is 0 Å². The molecule has 1 aromatic carbocycles. The van der Waals surface area contributed by atoms with Crippen molar-refractivity contribution in [3.05, 3.63) is 16.1 Å². The molecule has 0 atom stereocenters. The van der Waals surface area contributed by atoms with Crippen molar-refractivity contribution in [2.75, 3.05) is 21.3 Å². The largest absolute Gasteiger partial charge is 0.493 e. The maximum absolute atomic E-state index is 11.7. The number of methoxy groups -OCH3 is 3. The summed E-state index contributed by atoms with van der Waals surface area (Å²) in [7, 11) is 4.31. The van der Waals surface area contributed by atoms with Crippen molar-refractivity contribution < 1.29 is 19.0 Å². The zero-order chi connectivity index (χ0) is 13.3. The predicted molar refractivity (Wildman–Crippen MR) is 69.1 cm³/mol. The van der Waals surface area contributed by atoms with Crippen LogP contribution in [0.1, 0.15) is 10.4 Å². The summed E-state index contributed by atoms with van der Waals surface area (Å²) >= 11 is 7.10. The van der Waals surface area contributed by atoms with Gasteiger partial charge in [0.2, 0.25) is 0 Å². The second-order valence-electron chi connectivity index (χ2n) is 3.30. The SMILES string of the molecule is COC(=O)c1cc(OC)c(OC)c2sc(Cl)nc12. The minimum atomic E-state index is -0.497. The van der Waals surface area contributed by atoms with E-state index in [2.05, 4.69) is 4.98 Å². The first-order valence-corrected chi connectivity index (χ1v) is 6.11. The third-order valence-corrected chi connectivity index (χ3v) is 3.55. The minimum Gasteiger partial charge on any atom is -0.493 e. The normalized spacial score (nSPS) is 10.4. The number of ether oxygens (including phenoxy) is 3. The second kappa shape index (κ2) is 4.99. The highest BCUT2D eigenvalue weighted by molar-refractivity contribution is 7.22. The molecule has 0 saturated carbocycles. The van der Waals surface area contributed by atoms with E-state index < -0.39 is 5.97 Å². The zero-order valence-corrected chi connectivity index (χ0v) is 11.5. The third-order valence-electron chi connectivity index (χ3n) is 2.39. The first-order valence-electron chi connectivity index (χ1n) is 4.91. The Labute approximate surface area is 112 Å². The number of hydrogen-bond donors (Lipinski definition) is 0. The molecule has 7 heteroatoms. The van der Waals surface area contributed by atoms with E-state index in [0.29, 0.717) is 31.7 Å². The van der Waals surface area contributed by atoms with Crippen LogP contribution < -0.4 is 9.47 Å². The molecule has 0 spiro atoms. The number of rotatable bonds is 3. The minimum absolute atomic E-state index is 0.299. The smallest absolute Gasteiger partial charge is 0.340 e. The van der Waals surface area contributed by atoms with Crippen LogP contribution in [0.25, 0.3) is 10.2 Å². The fraction of sp³-hybridized carbons (Fsp3) is 0.273. The van der Waals surface area contributed by atoms with Crippen LogP contribution in [0.2, 0.25) is 4.47 Å². The van der Waals surface area contributed by atoms with Gasteiger partial charge in [-0.25, -0.2) is 9.78 Å². The molecule has 0 N–H and O–H groups in total. The van der Waals surface area contributed by atoms with Crippen molar-refractivity contribution in [2.45, 2.75) is 0 Å². The van der Waals surface area contributed by atoms with Crippen molar-refractivity contribution in [3.8, 4) is 11.5 Å². The van der Waals surface area contributed by atoms with Gasteiger partial charge in [-0.15, -0.1) is 0 Å². The number of thiazole rings is 1. The number of esters is 1. The third kappa shape index (κ3) is 1.97. The highest BCUT2D eigenvalue weighted by atomic mass is 35.5. The molecule has 18 heavy (non-hydrogen) atoms. The second-order valence-corrected chi connectivity index (χ2v) is 4.88. The van der Waals surface area contributed by atoms with E-state index in [1.165, 1.54) is 38.7 Å². The van der Waals surface area contributed by atoms with Crippen LogP contribution in [0, 0.1) is 0 Å². The fourth-order valence-electron chi connectivity index (χ4n) is 1.62. The predicted octanol–water partition coefficient (Wildman–Crippen LogP) is 2.75. The average Bonchev–Trinajstić information content (AvgIpc) is 2.76. The lowest BCUT2D eigenvalue weighted by molar-refractivity contribution is 0.0602. The van der Waals surface area contributed by atoms with E-state index in [-0.39, 0.29) is 0 Å². The van der Waals surface area contributed by atoms with Crippen molar-refractivity contribution in [2.24, 2.45) is 0 Å². The molecular weight excluding hydrogens is 278 g/mol. The maximum atomic E-state index is 11.7. The molecule has 1 aromatic heterocycles. The van der Waals surface area contributed by atoms with Crippen LogP contribution in [0.4, 0.5) is 0 Å². The summed E-state index contributed by atoms with van der Waals surface area (Å²) in [5, 5.41) is 0. The van der Waals surface area contributed by atoms with Crippen LogP contribution in [-0.2, 0) is 4.74 Å². The molecule has 2 rings (SSSR count). The quantitative estimate of drug-likeness (QED) is 0.813. The molecule has 0 fully saturated rings. The summed E-state index contributed by atoms with van der Waals surface area (Å²) in [6.07, 6.45) is 0. The van der Waals surface area contributed by atoms with Gasteiger partial charge >= 0.3 is 5.97 Å². The molecule has 96 valence electrons. The van der Waals surface area contributed by atoms with E-state index >= 15 is 0 Å². The number of nitrogens with zero attached hydrogens (tertiary/aromatic N) is 1. The van der Waals surface area contributed by atoms with Gasteiger partial charge in [0, 0.05) is 6.07 Å². The zero-order valence-electron chi connectivity index (χ0n) is 9.94. The lowest BCUT2D eigenvalue weighted by Gasteiger charge is -2.10. The Balaban J connectivity index is 2.83. The lowest BCUT2D eigenvalue weighted by Crippen LogP contribution is -2.03. The molecule has 0 aliphatic rings. The highest BCUT2D eigenvalue weighted by Gasteiger charge is 2.21. The first-order chi connectivity index (χ1) is 8.62. The molecule has 2 aromatic rings. The van der Waals surface area contributed by atoms with Crippen LogP contribution in [0.3, 0.4) is 0 Å². The molecule has 0 unspecified atom stereocenters. The Hall–Kier alpha value is -1.53. The molecule has 1 heterocycles. The Morgan fingerprint density at radius 1 is 1.33 bits per heavy atom. The standard InChI is InChI=1S/C11H10ClNO4S/c1-15-6-4-5(10(14)17-3)7-9(8(6)16-2)18-11(12)13-7/h4H,1-3H3. The number of halogens is 1. The topological polar surface area (TPSA) is 57.7 Å².